The van der Waals surface area contributed by atoms with Crippen molar-refractivity contribution in [3.8, 4) is 34.5 Å². The van der Waals surface area contributed by atoms with Gasteiger partial charge in [0, 0.05) is 17.5 Å². The molecule has 0 unspecified atom stereocenters. The summed E-state index contributed by atoms with van der Waals surface area (Å²) in [7, 11) is 3.12. The number of aromatic hydroxyl groups is 2. The van der Waals surface area contributed by atoms with Gasteiger partial charge in [0.15, 0.2) is 5.75 Å². The summed E-state index contributed by atoms with van der Waals surface area (Å²) in [4.78, 5) is 0. The molecule has 0 saturated carbocycles. The van der Waals surface area contributed by atoms with Gasteiger partial charge >= 0.3 is 0 Å². The van der Waals surface area contributed by atoms with Crippen molar-refractivity contribution < 1.29 is 29.2 Å². The Bertz CT molecular complexity index is 1640. The fourth-order valence-corrected chi connectivity index (χ4v) is 7.53. The zero-order chi connectivity index (χ0) is 28.8. The Morgan fingerprint density at radius 3 is 2.05 bits per heavy atom. The number of hydrogen-bond acceptors (Lipinski definition) is 6. The van der Waals surface area contributed by atoms with E-state index in [0.717, 1.165) is 16.7 Å². The third-order valence-electron chi connectivity index (χ3n) is 7.57. The Balaban J connectivity index is 1.67. The number of benzene rings is 4. The highest BCUT2D eigenvalue weighted by Crippen LogP contribution is 2.65. The number of phenols is 2. The van der Waals surface area contributed by atoms with E-state index in [0.29, 0.717) is 42.0 Å². The van der Waals surface area contributed by atoms with Crippen molar-refractivity contribution in [2.45, 2.75) is 18.1 Å². The Morgan fingerprint density at radius 2 is 1.39 bits per heavy atom. The molecule has 41 heavy (non-hydrogen) atoms. The molecule has 2 aliphatic rings. The van der Waals surface area contributed by atoms with E-state index in [1.165, 1.54) is 0 Å². The van der Waals surface area contributed by atoms with Crippen molar-refractivity contribution in [1.82, 2.24) is 0 Å². The average Bonchev–Trinajstić information content (AvgIpc) is 3.01. The number of hydrogen-bond donors (Lipinski definition) is 2. The molecule has 0 radical (unpaired) electrons. The van der Waals surface area contributed by atoms with Crippen molar-refractivity contribution in [2.24, 2.45) is 5.92 Å². The van der Waals surface area contributed by atoms with E-state index in [1.807, 2.05) is 60.7 Å². The number of allylic oxidation sites excluding steroid dienone is 1. The lowest BCUT2D eigenvalue weighted by molar-refractivity contribution is -0.0118. The average molecular weight is 745 g/mol. The normalized spacial score (nSPS) is 20.8. The lowest BCUT2D eigenvalue weighted by Crippen LogP contribution is -2.39. The maximum absolute atomic E-state index is 11.0. The predicted molar refractivity (Wildman–Crippen MR) is 167 cm³/mol. The third kappa shape index (κ3) is 4.68. The molecule has 0 aromatic heterocycles. The van der Waals surface area contributed by atoms with Crippen LogP contribution in [0.4, 0.5) is 0 Å². The van der Waals surface area contributed by atoms with Gasteiger partial charge in [-0.3, -0.25) is 0 Å². The third-order valence-corrected chi connectivity index (χ3v) is 9.81. The highest BCUT2D eigenvalue weighted by Gasteiger charge is 2.52. The van der Waals surface area contributed by atoms with Gasteiger partial charge in [-0.15, -0.1) is 0 Å². The Morgan fingerprint density at radius 1 is 0.756 bits per heavy atom. The molecule has 0 amide bonds. The molecule has 0 saturated heterocycles. The first-order valence-electron chi connectivity index (χ1n) is 12.8. The maximum Gasteiger partial charge on any atom is 0.151 e. The Hall–Kier alpha value is -3.14. The van der Waals surface area contributed by atoms with Crippen LogP contribution in [0.15, 0.2) is 86.2 Å². The molecule has 210 valence electrons. The molecule has 2 N–H and O–H groups in total. The number of rotatable bonds is 5. The van der Waals surface area contributed by atoms with Crippen molar-refractivity contribution in [3.05, 3.63) is 108 Å². The molecule has 0 aliphatic carbocycles. The van der Waals surface area contributed by atoms with Crippen LogP contribution in [0.5, 0.6) is 34.5 Å². The summed E-state index contributed by atoms with van der Waals surface area (Å²) in [6.45, 7) is 0. The predicted octanol–water partition coefficient (Wildman–Crippen LogP) is 9.08. The van der Waals surface area contributed by atoms with Gasteiger partial charge in [-0.05, 0) is 58.9 Å². The van der Waals surface area contributed by atoms with Crippen molar-refractivity contribution in [1.29, 1.82) is 0 Å². The highest BCUT2D eigenvalue weighted by molar-refractivity contribution is 9.11. The standard InChI is InChI=1S/C32H25Br3O6/c1-38-20-15-19(36)24(33)32-23(20)29-21(28(40-32)17-11-7-4-8-12-17)18(14-13-16-9-5-3-6-10-16)22-30(39-2)25(34)27(37)26(35)31(22)41-29/h3-15,18,21,28-29,36-37H,1-2H3/b14-13+/t18-,21+,28+,29+/m0/s1. The van der Waals surface area contributed by atoms with E-state index in [1.54, 1.807) is 20.3 Å². The second kappa shape index (κ2) is 11.3. The minimum Gasteiger partial charge on any atom is -0.506 e. The molecular formula is C32H25Br3O6. The molecule has 0 fully saturated rings. The van der Waals surface area contributed by atoms with Crippen LogP contribution in [0, 0.1) is 5.92 Å². The summed E-state index contributed by atoms with van der Waals surface area (Å²) < 4.78 is 26.5. The summed E-state index contributed by atoms with van der Waals surface area (Å²) >= 11 is 10.7. The molecular weight excluding hydrogens is 720 g/mol. The number of methoxy groups -OCH3 is 2. The number of phenolic OH excluding ortho intramolecular Hbond substituents is 2. The fourth-order valence-electron chi connectivity index (χ4n) is 5.76. The zero-order valence-corrected chi connectivity index (χ0v) is 26.7. The van der Waals surface area contributed by atoms with Crippen LogP contribution in [-0.2, 0) is 0 Å². The number of halogens is 3. The lowest BCUT2D eigenvalue weighted by Gasteiger charge is -2.47. The zero-order valence-electron chi connectivity index (χ0n) is 22.0. The molecule has 0 bridgehead atoms. The summed E-state index contributed by atoms with van der Waals surface area (Å²) in [6.07, 6.45) is 3.15. The first kappa shape index (κ1) is 28.0. The minimum atomic E-state index is -0.588. The van der Waals surface area contributed by atoms with Crippen molar-refractivity contribution in [2.75, 3.05) is 14.2 Å². The van der Waals surface area contributed by atoms with E-state index in [4.69, 9.17) is 18.9 Å². The van der Waals surface area contributed by atoms with Crippen LogP contribution in [0.1, 0.15) is 40.4 Å². The molecule has 9 heteroatoms. The lowest BCUT2D eigenvalue weighted by atomic mass is 9.71. The molecule has 2 heterocycles. The van der Waals surface area contributed by atoms with Crippen LogP contribution in [0.25, 0.3) is 6.08 Å². The van der Waals surface area contributed by atoms with Gasteiger partial charge < -0.3 is 29.2 Å². The van der Waals surface area contributed by atoms with Gasteiger partial charge in [0.05, 0.1) is 25.7 Å². The van der Waals surface area contributed by atoms with Crippen molar-refractivity contribution >= 4 is 53.9 Å². The van der Waals surface area contributed by atoms with Gasteiger partial charge in [0.2, 0.25) is 0 Å². The Labute approximate surface area is 262 Å². The summed E-state index contributed by atoms with van der Waals surface area (Å²) in [5, 5.41) is 21.7. The van der Waals surface area contributed by atoms with Gasteiger partial charge in [-0.25, -0.2) is 0 Å². The van der Waals surface area contributed by atoms with E-state index in [2.05, 4.69) is 59.9 Å². The fraction of sp³-hybridized carbons (Fsp3) is 0.188. The highest BCUT2D eigenvalue weighted by atomic mass is 79.9. The topological polar surface area (TPSA) is 77.4 Å². The van der Waals surface area contributed by atoms with Crippen LogP contribution in [0.2, 0.25) is 0 Å². The van der Waals surface area contributed by atoms with Crippen molar-refractivity contribution in [3.63, 3.8) is 0 Å². The summed E-state index contributed by atoms with van der Waals surface area (Å²) in [5.41, 5.74) is 3.41. The monoisotopic (exact) mass is 742 g/mol. The minimum absolute atomic E-state index is 0.00739. The van der Waals surface area contributed by atoms with Crippen LogP contribution >= 0.6 is 47.8 Å². The molecule has 4 aromatic rings. The van der Waals surface area contributed by atoms with E-state index < -0.39 is 12.2 Å². The number of ether oxygens (including phenoxy) is 4. The quantitative estimate of drug-likeness (QED) is 0.212. The molecule has 0 spiro atoms. The SMILES string of the molecule is COc1cc(O)c(Br)c2c1[C@@H]1Oc3c(Br)c(O)c(Br)c(OC)c3[C@@H](/C=C/c3ccccc3)[C@@H]1[C@@H](c1ccccc1)O2. The summed E-state index contributed by atoms with van der Waals surface area (Å²) in [6, 6.07) is 21.5. The maximum atomic E-state index is 11.0. The first-order valence-corrected chi connectivity index (χ1v) is 15.2. The van der Waals surface area contributed by atoms with Gasteiger partial charge in [-0.2, -0.15) is 0 Å². The van der Waals surface area contributed by atoms with E-state index in [9.17, 15) is 10.2 Å². The smallest absolute Gasteiger partial charge is 0.151 e. The molecule has 6 rings (SSSR count). The van der Waals surface area contributed by atoms with Gasteiger partial charge in [0.1, 0.15) is 54.4 Å². The van der Waals surface area contributed by atoms with Crippen LogP contribution in [-0.4, -0.2) is 24.4 Å². The Kier molecular flexibility index (Phi) is 7.70. The van der Waals surface area contributed by atoms with Crippen LogP contribution < -0.4 is 18.9 Å². The van der Waals surface area contributed by atoms with Crippen LogP contribution in [0.3, 0.4) is 0 Å². The van der Waals surface area contributed by atoms with E-state index >= 15 is 0 Å². The second-order valence-electron chi connectivity index (χ2n) is 9.77. The molecule has 4 aromatic carbocycles. The largest absolute Gasteiger partial charge is 0.506 e. The van der Waals surface area contributed by atoms with Gasteiger partial charge in [-0.1, -0.05) is 72.8 Å². The molecule has 6 nitrogen and oxygen atoms in total. The van der Waals surface area contributed by atoms with E-state index in [-0.39, 0.29) is 23.3 Å². The number of fused-ring (bicyclic) bond motifs is 4. The summed E-state index contributed by atoms with van der Waals surface area (Å²) in [5.74, 6) is 1.15. The molecule has 2 aliphatic heterocycles. The second-order valence-corrected chi connectivity index (χ2v) is 12.1. The molecule has 4 atom stereocenters. The first-order chi connectivity index (χ1) is 19.8. The van der Waals surface area contributed by atoms with Gasteiger partial charge in [0.25, 0.3) is 0 Å².